The molecule has 2 saturated carbocycles. The lowest BCUT2D eigenvalue weighted by molar-refractivity contribution is -0.131. The molecule has 2 amide bonds. The molecule has 5 nitrogen and oxygen atoms in total. The third-order valence-corrected chi connectivity index (χ3v) is 6.02. The maximum absolute atomic E-state index is 12.3. The van der Waals surface area contributed by atoms with Crippen LogP contribution < -0.4 is 10.6 Å². The maximum Gasteiger partial charge on any atom is 0.246 e. The molecule has 2 aliphatic carbocycles. The zero-order valence-electron chi connectivity index (χ0n) is 17.4. The highest BCUT2D eigenvalue weighted by molar-refractivity contribution is 5.94. The van der Waals surface area contributed by atoms with Gasteiger partial charge in [0.15, 0.2) is 0 Å². The summed E-state index contributed by atoms with van der Waals surface area (Å²) in [6.07, 6.45) is 5.62. The Hall–Kier alpha value is -1.88. The number of nitrogens with one attached hydrogen (secondary N) is 2. The van der Waals surface area contributed by atoms with Crippen LogP contribution in [-0.2, 0) is 20.9 Å². The summed E-state index contributed by atoms with van der Waals surface area (Å²) in [7, 11) is 0. The number of carbonyl (C=O) groups is 2. The van der Waals surface area contributed by atoms with Crippen molar-refractivity contribution in [3.63, 3.8) is 0 Å². The molecule has 2 fully saturated rings. The topological polar surface area (TPSA) is 67.4 Å². The van der Waals surface area contributed by atoms with Crippen LogP contribution in [0.25, 0.3) is 0 Å². The van der Waals surface area contributed by atoms with Crippen LogP contribution in [0.5, 0.6) is 0 Å². The largest absolute Gasteiger partial charge is 0.368 e. The molecule has 3 rings (SSSR count). The first kappa shape index (κ1) is 20.8. The summed E-state index contributed by atoms with van der Waals surface area (Å²) >= 11 is 0. The Morgan fingerprint density at radius 1 is 1.18 bits per heavy atom. The van der Waals surface area contributed by atoms with Gasteiger partial charge in [-0.15, -0.1) is 0 Å². The molecule has 0 saturated heterocycles. The van der Waals surface area contributed by atoms with E-state index in [9.17, 15) is 9.59 Å². The van der Waals surface area contributed by atoms with Crippen LogP contribution >= 0.6 is 0 Å². The van der Waals surface area contributed by atoms with Crippen LogP contribution in [0.15, 0.2) is 24.3 Å². The fraction of sp³-hybridized carbons (Fsp3) is 0.652. The molecular formula is C23H34N2O3. The minimum atomic E-state index is -0.0897. The fourth-order valence-corrected chi connectivity index (χ4v) is 4.09. The Bertz CT molecular complexity index is 684. The van der Waals surface area contributed by atoms with Crippen molar-refractivity contribution in [3.8, 4) is 0 Å². The zero-order chi connectivity index (χ0) is 20.1. The summed E-state index contributed by atoms with van der Waals surface area (Å²) in [6, 6.07) is 7.65. The van der Waals surface area contributed by atoms with E-state index in [4.69, 9.17) is 4.74 Å². The minimum Gasteiger partial charge on any atom is -0.368 e. The molecule has 28 heavy (non-hydrogen) atoms. The van der Waals surface area contributed by atoms with Gasteiger partial charge in [-0.25, -0.2) is 0 Å². The number of hydrogen-bond acceptors (Lipinski definition) is 3. The number of hydrogen-bond donors (Lipinski definition) is 2. The second-order valence-electron chi connectivity index (χ2n) is 8.92. The van der Waals surface area contributed by atoms with Gasteiger partial charge < -0.3 is 15.4 Å². The number of amides is 2. The van der Waals surface area contributed by atoms with E-state index in [1.54, 1.807) is 0 Å². The summed E-state index contributed by atoms with van der Waals surface area (Å²) < 4.78 is 6.02. The molecule has 1 aromatic rings. The second kappa shape index (κ2) is 9.55. The molecule has 0 heterocycles. The van der Waals surface area contributed by atoms with E-state index >= 15 is 0 Å². The SMILES string of the molecule is CC1CCC(C(C)C)C(OCC(=O)NCc2cccc(NC(=O)C3CC3)c2)C1. The molecule has 3 atom stereocenters. The average Bonchev–Trinajstić information content (AvgIpc) is 3.50. The smallest absolute Gasteiger partial charge is 0.246 e. The van der Waals surface area contributed by atoms with Crippen LogP contribution in [0, 0.1) is 23.7 Å². The van der Waals surface area contributed by atoms with E-state index in [1.165, 1.54) is 12.8 Å². The van der Waals surface area contributed by atoms with Gasteiger partial charge in [-0.3, -0.25) is 9.59 Å². The predicted octanol–water partition coefficient (Wildman–Crippen LogP) is 4.13. The average molecular weight is 387 g/mol. The lowest BCUT2D eigenvalue weighted by Gasteiger charge is -2.37. The van der Waals surface area contributed by atoms with Crippen LogP contribution in [0.2, 0.25) is 0 Å². The summed E-state index contributed by atoms with van der Waals surface area (Å²) in [4.78, 5) is 24.2. The van der Waals surface area contributed by atoms with Crippen molar-refractivity contribution < 1.29 is 14.3 Å². The van der Waals surface area contributed by atoms with Gasteiger partial charge in [-0.1, -0.05) is 39.3 Å². The molecule has 0 aliphatic heterocycles. The Kier molecular flexibility index (Phi) is 7.11. The molecule has 5 heteroatoms. The van der Waals surface area contributed by atoms with Crippen LogP contribution in [0.3, 0.4) is 0 Å². The normalized spacial score (nSPS) is 24.8. The first-order valence-electron chi connectivity index (χ1n) is 10.7. The Balaban J connectivity index is 1.44. The molecular weight excluding hydrogens is 352 g/mol. The lowest BCUT2D eigenvalue weighted by Crippen LogP contribution is -2.37. The van der Waals surface area contributed by atoms with Gasteiger partial charge in [0.05, 0.1) is 6.10 Å². The molecule has 0 radical (unpaired) electrons. The molecule has 0 aromatic heterocycles. The summed E-state index contributed by atoms with van der Waals surface area (Å²) in [5, 5.41) is 5.88. The van der Waals surface area contributed by atoms with Gasteiger partial charge in [-0.05, 0) is 61.1 Å². The second-order valence-corrected chi connectivity index (χ2v) is 8.92. The first-order chi connectivity index (χ1) is 13.4. The number of carbonyl (C=O) groups excluding carboxylic acids is 2. The van der Waals surface area contributed by atoms with Crippen molar-refractivity contribution in [3.05, 3.63) is 29.8 Å². The minimum absolute atomic E-state index is 0.0897. The standard InChI is InChI=1S/C23H34N2O3/c1-15(2)20-10-7-16(3)11-21(20)28-14-22(26)24-13-17-5-4-6-19(12-17)25-23(27)18-8-9-18/h4-6,12,15-16,18,20-21H,7-11,13-14H2,1-3H3,(H,24,26)(H,25,27). The molecule has 0 spiro atoms. The number of anilines is 1. The third-order valence-electron chi connectivity index (χ3n) is 6.02. The monoisotopic (exact) mass is 386 g/mol. The fourth-order valence-electron chi connectivity index (χ4n) is 4.09. The third kappa shape index (κ3) is 6.06. The highest BCUT2D eigenvalue weighted by Crippen LogP contribution is 2.35. The van der Waals surface area contributed by atoms with Crippen LogP contribution in [0.1, 0.15) is 58.4 Å². The van der Waals surface area contributed by atoms with Crippen molar-refractivity contribution >= 4 is 17.5 Å². The quantitative estimate of drug-likeness (QED) is 0.706. The van der Waals surface area contributed by atoms with Crippen molar-refractivity contribution in [2.45, 2.75) is 65.5 Å². The van der Waals surface area contributed by atoms with Crippen molar-refractivity contribution in [2.75, 3.05) is 11.9 Å². The molecule has 1 aromatic carbocycles. The number of benzene rings is 1. The lowest BCUT2D eigenvalue weighted by atomic mass is 9.75. The van der Waals surface area contributed by atoms with Gasteiger partial charge in [-0.2, -0.15) is 0 Å². The molecule has 2 N–H and O–H groups in total. The number of rotatable bonds is 8. The van der Waals surface area contributed by atoms with E-state index in [0.717, 1.165) is 30.5 Å². The Morgan fingerprint density at radius 3 is 2.68 bits per heavy atom. The van der Waals surface area contributed by atoms with Gasteiger partial charge in [0.2, 0.25) is 11.8 Å². The van der Waals surface area contributed by atoms with Crippen molar-refractivity contribution in [1.29, 1.82) is 0 Å². The van der Waals surface area contributed by atoms with Crippen molar-refractivity contribution in [1.82, 2.24) is 5.32 Å². The van der Waals surface area contributed by atoms with Gasteiger partial charge >= 0.3 is 0 Å². The van der Waals surface area contributed by atoms with Gasteiger partial charge in [0, 0.05) is 18.2 Å². The molecule has 3 unspecified atom stereocenters. The molecule has 154 valence electrons. The summed E-state index contributed by atoms with van der Waals surface area (Å²) in [5.41, 5.74) is 1.75. The predicted molar refractivity (Wildman–Crippen MR) is 111 cm³/mol. The Morgan fingerprint density at radius 2 is 1.96 bits per heavy atom. The van der Waals surface area contributed by atoms with Crippen LogP contribution in [0.4, 0.5) is 5.69 Å². The maximum atomic E-state index is 12.3. The van der Waals surface area contributed by atoms with Crippen LogP contribution in [-0.4, -0.2) is 24.5 Å². The van der Waals surface area contributed by atoms with E-state index in [0.29, 0.717) is 24.3 Å². The van der Waals surface area contributed by atoms with Gasteiger partial charge in [0.25, 0.3) is 0 Å². The van der Waals surface area contributed by atoms with E-state index in [2.05, 4.69) is 31.4 Å². The summed E-state index contributed by atoms with van der Waals surface area (Å²) in [6.45, 7) is 7.29. The highest BCUT2D eigenvalue weighted by atomic mass is 16.5. The molecule has 2 aliphatic rings. The summed E-state index contributed by atoms with van der Waals surface area (Å²) in [5.74, 6) is 1.96. The van der Waals surface area contributed by atoms with Crippen molar-refractivity contribution in [2.24, 2.45) is 23.7 Å². The number of ether oxygens (including phenoxy) is 1. The zero-order valence-corrected chi connectivity index (χ0v) is 17.4. The van der Waals surface area contributed by atoms with E-state index in [-0.39, 0.29) is 30.4 Å². The Labute approximate surface area is 168 Å². The van der Waals surface area contributed by atoms with E-state index < -0.39 is 0 Å². The highest BCUT2D eigenvalue weighted by Gasteiger charge is 2.32. The van der Waals surface area contributed by atoms with E-state index in [1.807, 2.05) is 24.3 Å². The van der Waals surface area contributed by atoms with Gasteiger partial charge in [0.1, 0.15) is 6.61 Å². The first-order valence-corrected chi connectivity index (χ1v) is 10.7. The molecule has 0 bridgehead atoms.